The van der Waals surface area contributed by atoms with Crippen LogP contribution in [-0.2, 0) is 9.59 Å². The van der Waals surface area contributed by atoms with Gasteiger partial charge in [-0.3, -0.25) is 14.9 Å². The number of carbonyl (C=O) groups excluding carboxylic acids is 2. The molecule has 0 spiro atoms. The topological polar surface area (TPSA) is 58.2 Å². The Hall–Kier alpha value is -0.900. The minimum atomic E-state index is -0.289. The number of amides is 2. The van der Waals surface area contributed by atoms with E-state index in [4.69, 9.17) is 0 Å². The highest BCUT2D eigenvalue weighted by Gasteiger charge is 2.35. The number of hydrogen-bond acceptors (Lipinski definition) is 3. The van der Waals surface area contributed by atoms with Crippen molar-refractivity contribution < 1.29 is 9.59 Å². The molecule has 1 heterocycles. The third kappa shape index (κ3) is 1.88. The highest BCUT2D eigenvalue weighted by atomic mass is 16.2. The van der Waals surface area contributed by atoms with Gasteiger partial charge < -0.3 is 5.32 Å². The second-order valence-electron chi connectivity index (χ2n) is 3.96. The van der Waals surface area contributed by atoms with E-state index in [-0.39, 0.29) is 17.9 Å². The normalized spacial score (nSPS) is 30.4. The molecule has 0 aromatic carbocycles. The molecule has 1 aliphatic heterocycles. The van der Waals surface area contributed by atoms with Crippen molar-refractivity contribution >= 4 is 11.8 Å². The number of nitrogens with one attached hydrogen (secondary N) is 2. The Morgan fingerprint density at radius 2 is 2.15 bits per heavy atom. The Labute approximate surface area is 77.1 Å². The van der Waals surface area contributed by atoms with E-state index in [2.05, 4.69) is 17.6 Å². The first kappa shape index (κ1) is 8.69. The molecule has 4 heteroatoms. The van der Waals surface area contributed by atoms with Crippen LogP contribution in [0.2, 0.25) is 0 Å². The summed E-state index contributed by atoms with van der Waals surface area (Å²) in [7, 11) is 0. The third-order valence-electron chi connectivity index (χ3n) is 2.76. The van der Waals surface area contributed by atoms with E-state index in [1.807, 2.05) is 0 Å². The minimum absolute atomic E-state index is 0.162. The summed E-state index contributed by atoms with van der Waals surface area (Å²) >= 11 is 0. The van der Waals surface area contributed by atoms with Gasteiger partial charge in [0.25, 0.3) is 0 Å². The van der Waals surface area contributed by atoms with Gasteiger partial charge in [0.2, 0.25) is 11.8 Å². The predicted molar refractivity (Wildman–Crippen MR) is 46.9 cm³/mol. The van der Waals surface area contributed by atoms with Crippen molar-refractivity contribution in [3.63, 3.8) is 0 Å². The molecule has 2 amide bonds. The Kier molecular flexibility index (Phi) is 2.07. The van der Waals surface area contributed by atoms with Gasteiger partial charge in [-0.25, -0.2) is 0 Å². The van der Waals surface area contributed by atoms with Crippen molar-refractivity contribution in [2.24, 2.45) is 5.92 Å². The van der Waals surface area contributed by atoms with Crippen LogP contribution in [0.25, 0.3) is 0 Å². The molecule has 2 rings (SSSR count). The van der Waals surface area contributed by atoms with Gasteiger partial charge in [-0.1, -0.05) is 0 Å². The molecule has 2 fully saturated rings. The Morgan fingerprint density at radius 1 is 1.46 bits per heavy atom. The molecule has 0 aromatic rings. The molecular weight excluding hydrogens is 168 g/mol. The van der Waals surface area contributed by atoms with E-state index in [0.717, 1.165) is 0 Å². The SMILES string of the molecule is CC(NC1CC(=O)NC1=O)C1CC1. The average Bonchev–Trinajstić information content (AvgIpc) is 2.81. The van der Waals surface area contributed by atoms with Gasteiger partial charge in [-0.05, 0) is 25.7 Å². The maximum atomic E-state index is 11.2. The average molecular weight is 182 g/mol. The molecule has 13 heavy (non-hydrogen) atoms. The molecule has 1 aliphatic carbocycles. The van der Waals surface area contributed by atoms with E-state index in [0.29, 0.717) is 18.4 Å². The van der Waals surface area contributed by atoms with Gasteiger partial charge in [0.05, 0.1) is 12.5 Å². The summed E-state index contributed by atoms with van der Waals surface area (Å²) < 4.78 is 0. The van der Waals surface area contributed by atoms with Crippen molar-refractivity contribution in [2.45, 2.75) is 38.3 Å². The monoisotopic (exact) mass is 182 g/mol. The smallest absolute Gasteiger partial charge is 0.244 e. The van der Waals surface area contributed by atoms with Crippen LogP contribution in [0.1, 0.15) is 26.2 Å². The van der Waals surface area contributed by atoms with Crippen LogP contribution in [0, 0.1) is 5.92 Å². The van der Waals surface area contributed by atoms with Crippen molar-refractivity contribution in [3.8, 4) is 0 Å². The van der Waals surface area contributed by atoms with Crippen LogP contribution >= 0.6 is 0 Å². The van der Waals surface area contributed by atoms with Gasteiger partial charge in [0.1, 0.15) is 0 Å². The number of imide groups is 1. The van der Waals surface area contributed by atoms with Gasteiger partial charge in [0.15, 0.2) is 0 Å². The highest BCUT2D eigenvalue weighted by molar-refractivity contribution is 6.05. The van der Waals surface area contributed by atoms with E-state index >= 15 is 0 Å². The van der Waals surface area contributed by atoms with Crippen LogP contribution < -0.4 is 10.6 Å². The fourth-order valence-electron chi connectivity index (χ4n) is 1.74. The number of carbonyl (C=O) groups is 2. The molecule has 0 aromatic heterocycles. The lowest BCUT2D eigenvalue weighted by Crippen LogP contribution is -2.42. The van der Waals surface area contributed by atoms with Gasteiger partial charge >= 0.3 is 0 Å². The van der Waals surface area contributed by atoms with Crippen LogP contribution in [0.3, 0.4) is 0 Å². The van der Waals surface area contributed by atoms with Crippen LogP contribution in [0.15, 0.2) is 0 Å². The lowest BCUT2D eigenvalue weighted by atomic mass is 10.1. The van der Waals surface area contributed by atoms with Gasteiger partial charge in [-0.15, -0.1) is 0 Å². The predicted octanol–water partition coefficient (Wildman–Crippen LogP) is -0.210. The minimum Gasteiger partial charge on any atom is -0.303 e. The number of rotatable bonds is 3. The van der Waals surface area contributed by atoms with Gasteiger partial charge in [-0.2, -0.15) is 0 Å². The lowest BCUT2D eigenvalue weighted by Gasteiger charge is -2.15. The quantitative estimate of drug-likeness (QED) is 0.594. The molecule has 2 unspecified atom stereocenters. The molecule has 2 aliphatic rings. The zero-order valence-electron chi connectivity index (χ0n) is 7.67. The van der Waals surface area contributed by atoms with E-state index in [1.54, 1.807) is 0 Å². The Morgan fingerprint density at radius 3 is 2.62 bits per heavy atom. The van der Waals surface area contributed by atoms with Crippen molar-refractivity contribution in [3.05, 3.63) is 0 Å². The van der Waals surface area contributed by atoms with Crippen molar-refractivity contribution in [1.82, 2.24) is 10.6 Å². The molecule has 0 radical (unpaired) electrons. The van der Waals surface area contributed by atoms with Gasteiger partial charge in [0, 0.05) is 6.04 Å². The molecule has 2 N–H and O–H groups in total. The standard InChI is InChI=1S/C9H14N2O2/c1-5(6-2-3-6)10-7-4-8(12)11-9(7)13/h5-7,10H,2-4H2,1H3,(H,11,12,13). The lowest BCUT2D eigenvalue weighted by molar-refractivity contribution is -0.125. The molecule has 2 atom stereocenters. The van der Waals surface area contributed by atoms with Crippen molar-refractivity contribution in [1.29, 1.82) is 0 Å². The van der Waals surface area contributed by atoms with E-state index in [1.165, 1.54) is 12.8 Å². The summed E-state index contributed by atoms with van der Waals surface area (Å²) in [6, 6.07) is 0.0738. The second kappa shape index (κ2) is 3.10. The summed E-state index contributed by atoms with van der Waals surface area (Å²) in [5, 5.41) is 5.48. The van der Waals surface area contributed by atoms with Crippen LogP contribution in [0.4, 0.5) is 0 Å². The summed E-state index contributed by atoms with van der Waals surface area (Å²) in [5.74, 6) is 0.381. The molecule has 1 saturated carbocycles. The molecule has 1 saturated heterocycles. The third-order valence-corrected chi connectivity index (χ3v) is 2.76. The summed E-state index contributed by atoms with van der Waals surface area (Å²) in [5.41, 5.74) is 0. The zero-order chi connectivity index (χ0) is 9.42. The molecule has 0 bridgehead atoms. The first-order valence-electron chi connectivity index (χ1n) is 4.76. The fourth-order valence-corrected chi connectivity index (χ4v) is 1.74. The van der Waals surface area contributed by atoms with Crippen LogP contribution in [0.5, 0.6) is 0 Å². The zero-order valence-corrected chi connectivity index (χ0v) is 7.67. The first-order chi connectivity index (χ1) is 6.16. The Bertz CT molecular complexity index is 248. The first-order valence-corrected chi connectivity index (χ1v) is 4.76. The number of hydrogen-bond donors (Lipinski definition) is 2. The largest absolute Gasteiger partial charge is 0.303 e. The molecular formula is C9H14N2O2. The summed E-state index contributed by atoms with van der Waals surface area (Å²) in [6.07, 6.45) is 2.79. The molecule has 72 valence electrons. The summed E-state index contributed by atoms with van der Waals surface area (Å²) in [6.45, 7) is 2.08. The van der Waals surface area contributed by atoms with E-state index in [9.17, 15) is 9.59 Å². The maximum absolute atomic E-state index is 11.2. The second-order valence-corrected chi connectivity index (χ2v) is 3.96. The van der Waals surface area contributed by atoms with E-state index < -0.39 is 0 Å². The van der Waals surface area contributed by atoms with Crippen LogP contribution in [-0.4, -0.2) is 23.9 Å². The maximum Gasteiger partial charge on any atom is 0.244 e. The Balaban J connectivity index is 1.86. The highest BCUT2D eigenvalue weighted by Crippen LogP contribution is 2.32. The van der Waals surface area contributed by atoms with Crippen molar-refractivity contribution in [2.75, 3.05) is 0 Å². The fraction of sp³-hybridized carbons (Fsp3) is 0.778. The molecule has 4 nitrogen and oxygen atoms in total. The summed E-state index contributed by atoms with van der Waals surface area (Å²) in [4.78, 5) is 22.0.